The minimum Gasteiger partial charge on any atom is -0.384 e. The first-order chi connectivity index (χ1) is 7.99. The van der Waals surface area contributed by atoms with Gasteiger partial charge in [-0.2, -0.15) is 0 Å². The summed E-state index contributed by atoms with van der Waals surface area (Å²) in [6.07, 6.45) is 0.353. The Labute approximate surface area is 111 Å². The average molecular weight is 316 g/mol. The van der Waals surface area contributed by atoms with Crippen LogP contribution in [0.4, 0.5) is 4.39 Å². The first kappa shape index (κ1) is 12.7. The minimum atomic E-state index is -1.05. The Morgan fingerprint density at radius 1 is 1.53 bits per heavy atom. The van der Waals surface area contributed by atoms with E-state index < -0.39 is 5.60 Å². The summed E-state index contributed by atoms with van der Waals surface area (Å²) in [5.41, 5.74) is 1.38. The molecular formula is C12H11BrFNOS. The molecule has 1 unspecified atom stereocenters. The van der Waals surface area contributed by atoms with E-state index in [2.05, 4.69) is 20.9 Å². The molecule has 0 aliphatic heterocycles. The van der Waals surface area contributed by atoms with E-state index in [-0.39, 0.29) is 5.82 Å². The molecule has 1 heterocycles. The molecule has 1 N–H and O–H groups in total. The summed E-state index contributed by atoms with van der Waals surface area (Å²) in [5, 5.41) is 10.4. The molecule has 0 radical (unpaired) electrons. The number of thiazole rings is 1. The number of hydrogen-bond donors (Lipinski definition) is 1. The summed E-state index contributed by atoms with van der Waals surface area (Å²) in [6, 6.07) is 6.26. The van der Waals surface area contributed by atoms with Crippen molar-refractivity contribution in [3.05, 3.63) is 50.6 Å². The third-order valence-electron chi connectivity index (χ3n) is 2.45. The van der Waals surface area contributed by atoms with Crippen LogP contribution in [-0.4, -0.2) is 10.1 Å². The standard InChI is InChI=1S/C12H11BrFNOS/c1-12(16,10-11(13)15-7-17-10)6-8-3-2-4-9(14)5-8/h2-5,7,16H,6H2,1H3. The van der Waals surface area contributed by atoms with Crippen LogP contribution in [0.2, 0.25) is 0 Å². The van der Waals surface area contributed by atoms with Gasteiger partial charge in [-0.15, -0.1) is 11.3 Å². The van der Waals surface area contributed by atoms with E-state index in [1.165, 1.54) is 23.5 Å². The second kappa shape index (κ2) is 4.84. The lowest BCUT2D eigenvalue weighted by Gasteiger charge is -2.22. The highest BCUT2D eigenvalue weighted by atomic mass is 79.9. The van der Waals surface area contributed by atoms with Crippen LogP contribution >= 0.6 is 27.3 Å². The molecule has 0 aliphatic carbocycles. The van der Waals surface area contributed by atoms with Gasteiger partial charge >= 0.3 is 0 Å². The van der Waals surface area contributed by atoms with Crippen molar-refractivity contribution in [1.82, 2.24) is 4.98 Å². The Morgan fingerprint density at radius 2 is 2.29 bits per heavy atom. The zero-order chi connectivity index (χ0) is 12.5. The zero-order valence-electron chi connectivity index (χ0n) is 9.15. The van der Waals surface area contributed by atoms with Crippen molar-refractivity contribution >= 4 is 27.3 Å². The van der Waals surface area contributed by atoms with Gasteiger partial charge in [0.15, 0.2) is 0 Å². The molecule has 2 aromatic rings. The summed E-state index contributed by atoms with van der Waals surface area (Å²) in [5.74, 6) is -0.290. The Morgan fingerprint density at radius 3 is 2.88 bits per heavy atom. The van der Waals surface area contributed by atoms with Gasteiger partial charge in [-0.05, 0) is 40.5 Å². The summed E-state index contributed by atoms with van der Waals surface area (Å²) < 4.78 is 13.7. The van der Waals surface area contributed by atoms with E-state index in [0.29, 0.717) is 11.0 Å². The number of aliphatic hydroxyl groups is 1. The maximum Gasteiger partial charge on any atom is 0.123 e. The normalized spacial score (nSPS) is 14.6. The van der Waals surface area contributed by atoms with Gasteiger partial charge in [0.25, 0.3) is 0 Å². The maximum absolute atomic E-state index is 13.1. The third-order valence-corrected chi connectivity index (χ3v) is 4.39. The maximum atomic E-state index is 13.1. The van der Waals surface area contributed by atoms with Crippen LogP contribution < -0.4 is 0 Å². The number of benzene rings is 1. The molecule has 0 bridgehead atoms. The van der Waals surface area contributed by atoms with Crippen molar-refractivity contribution < 1.29 is 9.50 Å². The monoisotopic (exact) mass is 315 g/mol. The van der Waals surface area contributed by atoms with E-state index >= 15 is 0 Å². The van der Waals surface area contributed by atoms with Gasteiger partial charge in [0, 0.05) is 6.42 Å². The Hall–Kier alpha value is -0.780. The van der Waals surface area contributed by atoms with Crippen LogP contribution in [0.1, 0.15) is 17.4 Å². The van der Waals surface area contributed by atoms with Gasteiger partial charge in [0.2, 0.25) is 0 Å². The summed E-state index contributed by atoms with van der Waals surface area (Å²) in [4.78, 5) is 4.79. The van der Waals surface area contributed by atoms with Gasteiger partial charge in [0.1, 0.15) is 16.0 Å². The smallest absolute Gasteiger partial charge is 0.123 e. The molecule has 2 rings (SSSR count). The van der Waals surface area contributed by atoms with E-state index in [1.807, 2.05) is 0 Å². The fourth-order valence-corrected chi connectivity index (χ4v) is 3.39. The zero-order valence-corrected chi connectivity index (χ0v) is 11.6. The molecule has 1 atom stereocenters. The third kappa shape index (κ3) is 2.91. The van der Waals surface area contributed by atoms with Gasteiger partial charge in [-0.3, -0.25) is 0 Å². The average Bonchev–Trinajstić information content (AvgIpc) is 2.64. The molecule has 90 valence electrons. The van der Waals surface area contributed by atoms with Crippen molar-refractivity contribution in [2.75, 3.05) is 0 Å². The predicted molar refractivity (Wildman–Crippen MR) is 69.5 cm³/mol. The summed E-state index contributed by atoms with van der Waals surface area (Å²) in [6.45, 7) is 1.70. The largest absolute Gasteiger partial charge is 0.384 e. The van der Waals surface area contributed by atoms with Crippen molar-refractivity contribution in [3.63, 3.8) is 0 Å². The first-order valence-corrected chi connectivity index (χ1v) is 6.72. The molecule has 5 heteroatoms. The van der Waals surface area contributed by atoms with Crippen LogP contribution in [0.3, 0.4) is 0 Å². The lowest BCUT2D eigenvalue weighted by atomic mass is 9.95. The molecule has 0 aliphatic rings. The van der Waals surface area contributed by atoms with E-state index in [4.69, 9.17) is 0 Å². The molecule has 1 aromatic heterocycles. The van der Waals surface area contributed by atoms with Gasteiger partial charge in [-0.1, -0.05) is 12.1 Å². The number of halogens is 2. The van der Waals surface area contributed by atoms with Crippen molar-refractivity contribution in [2.45, 2.75) is 18.9 Å². The second-order valence-electron chi connectivity index (χ2n) is 4.05. The quantitative estimate of drug-likeness (QED) is 0.940. The fraction of sp³-hybridized carbons (Fsp3) is 0.250. The highest BCUT2D eigenvalue weighted by molar-refractivity contribution is 9.10. The summed E-state index contributed by atoms with van der Waals surface area (Å²) >= 11 is 4.67. The number of aromatic nitrogens is 1. The lowest BCUT2D eigenvalue weighted by molar-refractivity contribution is 0.0605. The van der Waals surface area contributed by atoms with Crippen molar-refractivity contribution in [2.24, 2.45) is 0 Å². The Balaban J connectivity index is 2.26. The Kier molecular flexibility index (Phi) is 3.61. The predicted octanol–water partition coefficient (Wildman–Crippen LogP) is 3.49. The molecule has 0 spiro atoms. The van der Waals surface area contributed by atoms with Crippen molar-refractivity contribution in [1.29, 1.82) is 0 Å². The van der Waals surface area contributed by atoms with Gasteiger partial charge < -0.3 is 5.11 Å². The molecule has 0 saturated carbocycles. The first-order valence-electron chi connectivity index (χ1n) is 5.05. The molecule has 1 aromatic carbocycles. The SMILES string of the molecule is CC(O)(Cc1cccc(F)c1)c1scnc1Br. The van der Waals surface area contributed by atoms with Crippen LogP contribution in [0.15, 0.2) is 34.4 Å². The molecule has 0 amide bonds. The lowest BCUT2D eigenvalue weighted by Crippen LogP contribution is -2.23. The number of nitrogens with zero attached hydrogens (tertiary/aromatic N) is 1. The Bertz CT molecular complexity index is 527. The molecular weight excluding hydrogens is 305 g/mol. The molecule has 0 saturated heterocycles. The van der Waals surface area contributed by atoms with Gasteiger partial charge in [-0.25, -0.2) is 9.37 Å². The van der Waals surface area contributed by atoms with E-state index in [0.717, 1.165) is 10.4 Å². The van der Waals surface area contributed by atoms with Crippen LogP contribution in [0.25, 0.3) is 0 Å². The minimum absolute atomic E-state index is 0.290. The molecule has 0 fully saturated rings. The van der Waals surface area contributed by atoms with Gasteiger partial charge in [0.05, 0.1) is 10.4 Å². The highest BCUT2D eigenvalue weighted by Gasteiger charge is 2.28. The highest BCUT2D eigenvalue weighted by Crippen LogP contribution is 2.33. The fourth-order valence-electron chi connectivity index (χ4n) is 1.71. The number of hydrogen-bond acceptors (Lipinski definition) is 3. The second-order valence-corrected chi connectivity index (χ2v) is 5.66. The van der Waals surface area contributed by atoms with E-state index in [1.54, 1.807) is 24.6 Å². The molecule has 17 heavy (non-hydrogen) atoms. The van der Waals surface area contributed by atoms with Crippen molar-refractivity contribution in [3.8, 4) is 0 Å². The topological polar surface area (TPSA) is 33.1 Å². The van der Waals surface area contributed by atoms with Crippen LogP contribution in [0.5, 0.6) is 0 Å². The summed E-state index contributed by atoms with van der Waals surface area (Å²) in [7, 11) is 0. The number of rotatable bonds is 3. The van der Waals surface area contributed by atoms with E-state index in [9.17, 15) is 9.50 Å². The van der Waals surface area contributed by atoms with Crippen LogP contribution in [-0.2, 0) is 12.0 Å². The molecule has 2 nitrogen and oxygen atoms in total. The van der Waals surface area contributed by atoms with Crippen LogP contribution in [0, 0.1) is 5.82 Å².